The molecule has 1 heteroatoms. The maximum Gasteiger partial charge on any atom is 0.0314 e. The van der Waals surface area contributed by atoms with Crippen molar-refractivity contribution >= 4 is 5.69 Å². The molecule has 164 valence electrons. The number of benzene rings is 3. The van der Waals surface area contributed by atoms with E-state index in [9.17, 15) is 0 Å². The van der Waals surface area contributed by atoms with Gasteiger partial charge in [0.2, 0.25) is 0 Å². The number of hydrogen-bond donors (Lipinski definition) is 1. The van der Waals surface area contributed by atoms with Crippen LogP contribution in [0.4, 0.5) is 5.69 Å². The Morgan fingerprint density at radius 2 is 1.19 bits per heavy atom. The van der Waals surface area contributed by atoms with Crippen LogP contribution in [0.15, 0.2) is 98.1 Å². The Balaban J connectivity index is 0.000000720. The topological polar surface area (TPSA) is 26.0 Å². The van der Waals surface area contributed by atoms with Crippen LogP contribution < -0.4 is 5.73 Å². The molecule has 0 heterocycles. The second-order valence-corrected chi connectivity index (χ2v) is 7.18. The van der Waals surface area contributed by atoms with Crippen molar-refractivity contribution in [3.63, 3.8) is 0 Å². The van der Waals surface area contributed by atoms with Crippen LogP contribution in [0.3, 0.4) is 0 Å². The maximum atomic E-state index is 5.79. The maximum absolute atomic E-state index is 5.79. The van der Waals surface area contributed by atoms with Crippen LogP contribution in [0, 0.1) is 0 Å². The predicted molar refractivity (Wildman–Crippen MR) is 141 cm³/mol. The molecule has 0 aromatic heterocycles. The summed E-state index contributed by atoms with van der Waals surface area (Å²) in [6.45, 7) is 13.0. The predicted octanol–water partition coefficient (Wildman–Crippen LogP) is 9.11. The lowest BCUT2D eigenvalue weighted by molar-refractivity contribution is 0.667. The van der Waals surface area contributed by atoms with Crippen molar-refractivity contribution in [2.75, 3.05) is 5.73 Å². The van der Waals surface area contributed by atoms with Gasteiger partial charge >= 0.3 is 0 Å². The number of rotatable bonds is 8. The van der Waals surface area contributed by atoms with Gasteiger partial charge in [-0.15, -0.1) is 0 Å². The summed E-state index contributed by atoms with van der Waals surface area (Å²) in [5.74, 6) is 0. The molecule has 3 rings (SSSR count). The molecular weight excluding hydrogens is 374 g/mol. The molecule has 0 saturated carbocycles. The van der Waals surface area contributed by atoms with Crippen molar-refractivity contribution in [3.05, 3.63) is 104 Å². The number of anilines is 1. The van der Waals surface area contributed by atoms with Gasteiger partial charge in [0, 0.05) is 5.69 Å². The minimum absolute atomic E-state index is 0.800. The summed E-state index contributed by atoms with van der Waals surface area (Å²) in [4.78, 5) is 0. The van der Waals surface area contributed by atoms with Crippen LogP contribution in [0.2, 0.25) is 0 Å². The number of unbranched alkanes of at least 4 members (excludes halogenated alkanes) is 3. The summed E-state index contributed by atoms with van der Waals surface area (Å²) in [5.41, 5.74) is 13.0. The Bertz CT molecular complexity index is 867. The zero-order chi connectivity index (χ0) is 22.9. The van der Waals surface area contributed by atoms with Crippen molar-refractivity contribution in [2.24, 2.45) is 0 Å². The third-order valence-electron chi connectivity index (χ3n) is 4.88. The molecule has 0 unspecified atom stereocenters. The van der Waals surface area contributed by atoms with E-state index >= 15 is 0 Å². The zero-order valence-corrected chi connectivity index (χ0v) is 19.6. The first-order valence-corrected chi connectivity index (χ1v) is 11.5. The molecule has 1 nitrogen and oxygen atoms in total. The minimum Gasteiger partial charge on any atom is -0.399 e. The first-order valence-electron chi connectivity index (χ1n) is 11.5. The molecule has 0 bridgehead atoms. The van der Waals surface area contributed by atoms with Crippen LogP contribution in [0.25, 0.3) is 22.3 Å². The second-order valence-electron chi connectivity index (χ2n) is 7.18. The van der Waals surface area contributed by atoms with Gasteiger partial charge in [-0.05, 0) is 58.9 Å². The van der Waals surface area contributed by atoms with E-state index < -0.39 is 0 Å². The van der Waals surface area contributed by atoms with Crippen molar-refractivity contribution in [1.82, 2.24) is 0 Å². The molecule has 0 aliphatic heterocycles. The fraction of sp³-hybridized carbons (Fsp3) is 0.267. The van der Waals surface area contributed by atoms with E-state index in [1.54, 1.807) is 12.2 Å². The molecule has 0 saturated heterocycles. The minimum atomic E-state index is 0.800. The third-order valence-corrected chi connectivity index (χ3v) is 4.88. The average molecular weight is 414 g/mol. The summed E-state index contributed by atoms with van der Waals surface area (Å²) >= 11 is 0. The van der Waals surface area contributed by atoms with E-state index in [0.29, 0.717) is 0 Å². The van der Waals surface area contributed by atoms with Gasteiger partial charge in [-0.1, -0.05) is 120 Å². The Morgan fingerprint density at radius 3 is 1.68 bits per heavy atom. The smallest absolute Gasteiger partial charge is 0.0314 e. The lowest BCUT2D eigenvalue weighted by atomic mass is 9.97. The largest absolute Gasteiger partial charge is 0.399 e. The average Bonchev–Trinajstić information content (AvgIpc) is 2.84. The standard InChI is InChI=1S/C24H27N.C4H6.C2H6/c1-2-3-4-5-7-19-10-12-20(13-11-19)22-8-6-9-23(18-22)21-14-16-24(25)17-15-21;1-3-4-2;1-2/h6,8-18H,2-5,7,25H2,1H3;3-4H,1-2H2;1-2H3. The summed E-state index contributed by atoms with van der Waals surface area (Å²) in [6.07, 6.45) is 9.73. The molecule has 0 fully saturated rings. The molecule has 3 aromatic carbocycles. The Kier molecular flexibility index (Phi) is 13.2. The number of allylic oxidation sites excluding steroid dienone is 2. The molecule has 0 atom stereocenters. The number of nitrogen functional groups attached to an aromatic ring is 1. The fourth-order valence-corrected chi connectivity index (χ4v) is 3.17. The van der Waals surface area contributed by atoms with E-state index in [2.05, 4.69) is 80.7 Å². The molecular formula is C30H39N. The Labute approximate surface area is 190 Å². The van der Waals surface area contributed by atoms with Gasteiger partial charge in [0.05, 0.1) is 0 Å². The van der Waals surface area contributed by atoms with Crippen LogP contribution in [-0.2, 0) is 6.42 Å². The molecule has 3 aromatic rings. The zero-order valence-electron chi connectivity index (χ0n) is 19.6. The van der Waals surface area contributed by atoms with Crippen LogP contribution >= 0.6 is 0 Å². The summed E-state index contributed by atoms with van der Waals surface area (Å²) < 4.78 is 0. The SMILES string of the molecule is C=CC=C.CC.CCCCCCc1ccc(-c2cccc(-c3ccc(N)cc3)c2)cc1. The monoisotopic (exact) mass is 413 g/mol. The van der Waals surface area contributed by atoms with Gasteiger partial charge in [-0.25, -0.2) is 0 Å². The Hall–Kier alpha value is -3.06. The molecule has 0 radical (unpaired) electrons. The van der Waals surface area contributed by atoms with Gasteiger partial charge in [0.1, 0.15) is 0 Å². The van der Waals surface area contributed by atoms with E-state index in [1.807, 2.05) is 26.0 Å². The molecule has 0 aliphatic rings. The number of hydrogen-bond acceptors (Lipinski definition) is 1. The van der Waals surface area contributed by atoms with Crippen molar-refractivity contribution in [1.29, 1.82) is 0 Å². The summed E-state index contributed by atoms with van der Waals surface area (Å²) in [7, 11) is 0. The van der Waals surface area contributed by atoms with Gasteiger partial charge in [-0.2, -0.15) is 0 Å². The highest BCUT2D eigenvalue weighted by atomic mass is 14.5. The number of aryl methyl sites for hydroxylation is 1. The highest BCUT2D eigenvalue weighted by molar-refractivity contribution is 5.73. The van der Waals surface area contributed by atoms with Gasteiger partial charge in [0.25, 0.3) is 0 Å². The summed E-state index contributed by atoms with van der Waals surface area (Å²) in [5, 5.41) is 0. The summed E-state index contributed by atoms with van der Waals surface area (Å²) in [6, 6.07) is 25.8. The van der Waals surface area contributed by atoms with Crippen LogP contribution in [0.1, 0.15) is 52.0 Å². The number of nitrogens with two attached hydrogens (primary N) is 1. The van der Waals surface area contributed by atoms with E-state index in [1.165, 1.54) is 59.9 Å². The molecule has 31 heavy (non-hydrogen) atoms. The van der Waals surface area contributed by atoms with Gasteiger partial charge < -0.3 is 5.73 Å². The van der Waals surface area contributed by atoms with Crippen molar-refractivity contribution in [2.45, 2.75) is 52.9 Å². The molecule has 0 amide bonds. The van der Waals surface area contributed by atoms with Crippen molar-refractivity contribution in [3.8, 4) is 22.3 Å². The van der Waals surface area contributed by atoms with Crippen molar-refractivity contribution < 1.29 is 0 Å². The van der Waals surface area contributed by atoms with Crippen LogP contribution in [-0.4, -0.2) is 0 Å². The second kappa shape index (κ2) is 15.7. The molecule has 0 aliphatic carbocycles. The lowest BCUT2D eigenvalue weighted by Crippen LogP contribution is -1.87. The van der Waals surface area contributed by atoms with E-state index in [4.69, 9.17) is 5.73 Å². The first-order chi connectivity index (χ1) is 15.2. The fourth-order valence-electron chi connectivity index (χ4n) is 3.17. The molecule has 0 spiro atoms. The van der Waals surface area contributed by atoms with E-state index in [-0.39, 0.29) is 0 Å². The highest BCUT2D eigenvalue weighted by Crippen LogP contribution is 2.27. The third kappa shape index (κ3) is 9.53. The normalized spacial score (nSPS) is 9.52. The van der Waals surface area contributed by atoms with Crippen LogP contribution in [0.5, 0.6) is 0 Å². The Morgan fingerprint density at radius 1 is 0.677 bits per heavy atom. The first kappa shape index (κ1) is 26.0. The van der Waals surface area contributed by atoms with Gasteiger partial charge in [0.15, 0.2) is 0 Å². The highest BCUT2D eigenvalue weighted by Gasteiger charge is 2.02. The van der Waals surface area contributed by atoms with Gasteiger partial charge in [-0.3, -0.25) is 0 Å². The lowest BCUT2D eigenvalue weighted by Gasteiger charge is -2.08. The van der Waals surface area contributed by atoms with E-state index in [0.717, 1.165) is 5.69 Å². The quantitative estimate of drug-likeness (QED) is 0.222. The molecule has 2 N–H and O–H groups in total.